The van der Waals surface area contributed by atoms with Crippen molar-refractivity contribution in [2.45, 2.75) is 64.5 Å². The molecule has 1 fully saturated rings. The summed E-state index contributed by atoms with van der Waals surface area (Å²) in [4.78, 5) is 12.0. The maximum absolute atomic E-state index is 12.0. The Hall–Kier alpha value is -1.10. The van der Waals surface area contributed by atoms with E-state index < -0.39 is 5.54 Å². The molecule has 5 heteroatoms. The highest BCUT2D eigenvalue weighted by molar-refractivity contribution is 6.00. The quantitative estimate of drug-likeness (QED) is 0.659. The minimum Gasteiger partial charge on any atom is -0.376 e. The minimum atomic E-state index is -0.639. The molecule has 0 spiro atoms. The average Bonchev–Trinajstić information content (AvgIpc) is 3.30. The van der Waals surface area contributed by atoms with Gasteiger partial charge in [0.25, 0.3) is 0 Å². The average molecular weight is 355 g/mol. The first-order valence-electron chi connectivity index (χ1n) is 8.84. The standard InChI is InChI=1S/C19H30N2O2.ClH/c1-3-5-7-15(4-2)13-23-14-16-8-6-9-17(12-16)21-18(22)19(20)10-11-19;/h6,8-9,12,15H,3-5,7,10-11,13-14,20H2,1-2H3,(H,21,22);1H. The number of halogens is 1. The summed E-state index contributed by atoms with van der Waals surface area (Å²) >= 11 is 0. The largest absolute Gasteiger partial charge is 0.376 e. The number of nitrogens with two attached hydrogens (primary N) is 1. The second kappa shape index (κ2) is 10.0. The van der Waals surface area contributed by atoms with Crippen molar-refractivity contribution in [2.24, 2.45) is 11.7 Å². The Bertz CT molecular complexity index is 518. The molecule has 1 aliphatic carbocycles. The molecule has 1 aromatic rings. The third kappa shape index (κ3) is 6.42. The maximum Gasteiger partial charge on any atom is 0.244 e. The number of ether oxygens (including phenoxy) is 1. The van der Waals surface area contributed by atoms with Crippen LogP contribution in [0.3, 0.4) is 0 Å². The van der Waals surface area contributed by atoms with Crippen LogP contribution in [0.2, 0.25) is 0 Å². The molecule has 24 heavy (non-hydrogen) atoms. The Morgan fingerprint density at radius 1 is 1.38 bits per heavy atom. The summed E-state index contributed by atoms with van der Waals surface area (Å²) in [6, 6.07) is 7.83. The number of hydrogen-bond acceptors (Lipinski definition) is 3. The molecule has 136 valence electrons. The first-order valence-corrected chi connectivity index (χ1v) is 8.84. The number of anilines is 1. The lowest BCUT2D eigenvalue weighted by atomic mass is 10.0. The highest BCUT2D eigenvalue weighted by atomic mass is 35.5. The van der Waals surface area contributed by atoms with Crippen LogP contribution in [0.1, 0.15) is 57.9 Å². The van der Waals surface area contributed by atoms with Gasteiger partial charge in [-0.15, -0.1) is 12.4 Å². The van der Waals surface area contributed by atoms with Crippen LogP contribution >= 0.6 is 12.4 Å². The van der Waals surface area contributed by atoms with Crippen molar-refractivity contribution in [3.8, 4) is 0 Å². The van der Waals surface area contributed by atoms with Crippen molar-refractivity contribution in [1.82, 2.24) is 0 Å². The second-order valence-electron chi connectivity index (χ2n) is 6.74. The predicted molar refractivity (Wildman–Crippen MR) is 101 cm³/mol. The van der Waals surface area contributed by atoms with Crippen molar-refractivity contribution in [3.63, 3.8) is 0 Å². The highest BCUT2D eigenvalue weighted by Gasteiger charge is 2.45. The highest BCUT2D eigenvalue weighted by Crippen LogP contribution is 2.33. The zero-order valence-corrected chi connectivity index (χ0v) is 15.7. The third-order valence-corrected chi connectivity index (χ3v) is 4.59. The smallest absolute Gasteiger partial charge is 0.244 e. The van der Waals surface area contributed by atoms with Crippen molar-refractivity contribution in [3.05, 3.63) is 29.8 Å². The third-order valence-electron chi connectivity index (χ3n) is 4.59. The SMILES string of the molecule is CCCCC(CC)COCc1cccc(NC(=O)C2(N)CC2)c1.Cl. The maximum atomic E-state index is 12.0. The lowest BCUT2D eigenvalue weighted by Crippen LogP contribution is -2.37. The van der Waals surface area contributed by atoms with Gasteiger partial charge in [-0.1, -0.05) is 45.2 Å². The molecule has 0 heterocycles. The molecule has 1 atom stereocenters. The number of unbranched alkanes of at least 4 members (excludes halogenated alkanes) is 1. The van der Waals surface area contributed by atoms with Gasteiger partial charge in [0, 0.05) is 12.3 Å². The summed E-state index contributed by atoms with van der Waals surface area (Å²) < 4.78 is 5.87. The summed E-state index contributed by atoms with van der Waals surface area (Å²) in [5.74, 6) is 0.561. The summed E-state index contributed by atoms with van der Waals surface area (Å²) in [6.45, 7) is 5.83. The van der Waals surface area contributed by atoms with Crippen molar-refractivity contribution < 1.29 is 9.53 Å². The predicted octanol–water partition coefficient (Wildman–Crippen LogP) is 4.27. The van der Waals surface area contributed by atoms with Crippen LogP contribution in [0.15, 0.2) is 24.3 Å². The van der Waals surface area contributed by atoms with Gasteiger partial charge in [0.15, 0.2) is 0 Å². The minimum absolute atomic E-state index is 0. The number of hydrogen-bond donors (Lipinski definition) is 2. The van der Waals surface area contributed by atoms with E-state index in [1.54, 1.807) is 0 Å². The van der Waals surface area contributed by atoms with Crippen molar-refractivity contribution in [1.29, 1.82) is 0 Å². The molecule has 0 bridgehead atoms. The Morgan fingerprint density at radius 2 is 2.12 bits per heavy atom. The molecular weight excluding hydrogens is 324 g/mol. The molecule has 3 N–H and O–H groups in total. The van der Waals surface area contributed by atoms with Crippen LogP contribution in [0.5, 0.6) is 0 Å². The van der Waals surface area contributed by atoms with Gasteiger partial charge in [0.1, 0.15) is 0 Å². The molecule has 0 saturated heterocycles. The zero-order valence-electron chi connectivity index (χ0n) is 14.8. The van der Waals surface area contributed by atoms with E-state index in [4.69, 9.17) is 10.5 Å². The van der Waals surface area contributed by atoms with Gasteiger partial charge in [-0.25, -0.2) is 0 Å². The van der Waals surface area contributed by atoms with E-state index in [2.05, 4.69) is 19.2 Å². The summed E-state index contributed by atoms with van der Waals surface area (Å²) in [5.41, 5.74) is 7.15. The Morgan fingerprint density at radius 3 is 2.75 bits per heavy atom. The number of amides is 1. The van der Waals surface area contributed by atoms with E-state index in [-0.39, 0.29) is 18.3 Å². The van der Waals surface area contributed by atoms with E-state index >= 15 is 0 Å². The molecule has 1 aliphatic rings. The fourth-order valence-electron chi connectivity index (χ4n) is 2.60. The van der Waals surface area contributed by atoms with Crippen LogP contribution < -0.4 is 11.1 Å². The molecule has 1 amide bonds. The number of nitrogens with one attached hydrogen (secondary N) is 1. The summed E-state index contributed by atoms with van der Waals surface area (Å²) in [5, 5.41) is 2.90. The fourth-order valence-corrected chi connectivity index (χ4v) is 2.60. The van der Waals surface area contributed by atoms with Gasteiger partial charge in [0.05, 0.1) is 12.1 Å². The van der Waals surface area contributed by atoms with Crippen LogP contribution in [0, 0.1) is 5.92 Å². The second-order valence-corrected chi connectivity index (χ2v) is 6.74. The van der Waals surface area contributed by atoms with Gasteiger partial charge in [-0.2, -0.15) is 0 Å². The van der Waals surface area contributed by atoms with E-state index in [1.165, 1.54) is 19.3 Å². The Balaban J connectivity index is 0.00000288. The van der Waals surface area contributed by atoms with Crippen molar-refractivity contribution >= 4 is 24.0 Å². The molecule has 1 aromatic carbocycles. The van der Waals surface area contributed by atoms with Crippen LogP contribution in [-0.2, 0) is 16.1 Å². The van der Waals surface area contributed by atoms with E-state index in [1.807, 2.05) is 24.3 Å². The van der Waals surface area contributed by atoms with Gasteiger partial charge >= 0.3 is 0 Å². The topological polar surface area (TPSA) is 64.3 Å². The summed E-state index contributed by atoms with van der Waals surface area (Å²) in [7, 11) is 0. The molecule has 1 unspecified atom stereocenters. The lowest BCUT2D eigenvalue weighted by Gasteiger charge is -2.15. The fraction of sp³-hybridized carbons (Fsp3) is 0.632. The molecular formula is C19H31ClN2O2. The summed E-state index contributed by atoms with van der Waals surface area (Å²) in [6.07, 6.45) is 6.46. The van der Waals surface area contributed by atoms with E-state index in [0.717, 1.165) is 37.1 Å². The first kappa shape index (κ1) is 20.9. The van der Waals surface area contributed by atoms with E-state index in [9.17, 15) is 4.79 Å². The van der Waals surface area contributed by atoms with Gasteiger partial charge in [-0.05, 0) is 42.9 Å². The number of carbonyl (C=O) groups is 1. The molecule has 2 rings (SSSR count). The molecule has 0 radical (unpaired) electrons. The van der Waals surface area contributed by atoms with Crippen LogP contribution in [-0.4, -0.2) is 18.1 Å². The molecule has 0 aromatic heterocycles. The van der Waals surface area contributed by atoms with Gasteiger partial charge < -0.3 is 15.8 Å². The molecule has 4 nitrogen and oxygen atoms in total. The zero-order chi connectivity index (χ0) is 16.7. The number of benzene rings is 1. The monoisotopic (exact) mass is 354 g/mol. The lowest BCUT2D eigenvalue weighted by molar-refractivity contribution is -0.118. The van der Waals surface area contributed by atoms with Crippen molar-refractivity contribution in [2.75, 3.05) is 11.9 Å². The van der Waals surface area contributed by atoms with Gasteiger partial charge in [0.2, 0.25) is 5.91 Å². The van der Waals surface area contributed by atoms with Gasteiger partial charge in [-0.3, -0.25) is 4.79 Å². The number of carbonyl (C=O) groups excluding carboxylic acids is 1. The molecule has 0 aliphatic heterocycles. The number of rotatable bonds is 10. The molecule has 1 saturated carbocycles. The first-order chi connectivity index (χ1) is 11.1. The van der Waals surface area contributed by atoms with Crippen LogP contribution in [0.4, 0.5) is 5.69 Å². The Kier molecular flexibility index (Phi) is 8.74. The van der Waals surface area contributed by atoms with Crippen LogP contribution in [0.25, 0.3) is 0 Å². The van der Waals surface area contributed by atoms with E-state index in [0.29, 0.717) is 12.5 Å². The normalized spacial score (nSPS) is 16.1. The Labute approximate surface area is 151 Å².